The second-order valence-corrected chi connectivity index (χ2v) is 9.81. The van der Waals surface area contributed by atoms with Gasteiger partial charge in [0.2, 0.25) is 0 Å². The fourth-order valence-electron chi connectivity index (χ4n) is 5.46. The van der Waals surface area contributed by atoms with Crippen LogP contribution in [-0.4, -0.2) is 4.57 Å². The third-order valence-electron chi connectivity index (χ3n) is 6.90. The Kier molecular flexibility index (Phi) is 4.24. The predicted molar refractivity (Wildman–Crippen MR) is 145 cm³/mol. The van der Waals surface area contributed by atoms with Crippen LogP contribution in [0.15, 0.2) is 97.1 Å². The molecule has 7 rings (SSSR count). The molecule has 0 spiro atoms. The normalized spacial score (nSPS) is 14.0. The molecule has 2 heterocycles. The van der Waals surface area contributed by atoms with Crippen LogP contribution in [0.25, 0.3) is 53.2 Å². The molecular formula is C31H20N2S. The number of hydrogen-bond donors (Lipinski definition) is 0. The van der Waals surface area contributed by atoms with Crippen molar-refractivity contribution in [2.45, 2.75) is 12.8 Å². The van der Waals surface area contributed by atoms with Crippen LogP contribution in [0.4, 0.5) is 0 Å². The van der Waals surface area contributed by atoms with Crippen molar-refractivity contribution >= 4 is 64.6 Å². The molecule has 4 aromatic carbocycles. The summed E-state index contributed by atoms with van der Waals surface area (Å²) < 4.78 is 4.77. The summed E-state index contributed by atoms with van der Waals surface area (Å²) in [6.07, 6.45) is 6.62. The molecule has 1 aliphatic rings. The molecule has 0 unspecified atom stereocenters. The molecule has 0 saturated carbocycles. The number of aromatic nitrogens is 1. The molecule has 2 nitrogen and oxygen atoms in total. The highest BCUT2D eigenvalue weighted by Crippen LogP contribution is 2.43. The summed E-state index contributed by atoms with van der Waals surface area (Å²) in [6.45, 7) is 0. The van der Waals surface area contributed by atoms with Crippen molar-refractivity contribution in [1.82, 2.24) is 4.57 Å². The average Bonchev–Trinajstić information content (AvgIpc) is 3.44. The van der Waals surface area contributed by atoms with Crippen LogP contribution in [0.3, 0.4) is 0 Å². The summed E-state index contributed by atoms with van der Waals surface area (Å²) in [7, 11) is 0. The monoisotopic (exact) mass is 452 g/mol. The quantitative estimate of drug-likeness (QED) is 0.258. The first kappa shape index (κ1) is 19.3. The number of thiophene rings is 1. The van der Waals surface area contributed by atoms with Gasteiger partial charge in [-0.1, -0.05) is 72.8 Å². The van der Waals surface area contributed by atoms with Crippen molar-refractivity contribution in [2.24, 2.45) is 0 Å². The number of fused-ring (bicyclic) bond motifs is 6. The van der Waals surface area contributed by atoms with E-state index in [0.717, 1.165) is 34.9 Å². The zero-order valence-corrected chi connectivity index (χ0v) is 19.3. The molecule has 6 aromatic rings. The molecule has 2 aromatic heterocycles. The smallest absolute Gasteiger partial charge is 0.100 e. The minimum absolute atomic E-state index is 0.773. The molecule has 160 valence electrons. The fourth-order valence-corrected chi connectivity index (χ4v) is 6.57. The van der Waals surface area contributed by atoms with Gasteiger partial charge in [0.25, 0.3) is 0 Å². The molecular weight excluding hydrogens is 432 g/mol. The molecule has 0 amide bonds. The number of nitriles is 1. The van der Waals surface area contributed by atoms with Crippen molar-refractivity contribution in [3.63, 3.8) is 0 Å². The summed E-state index contributed by atoms with van der Waals surface area (Å²) in [6, 6.07) is 32.5. The van der Waals surface area contributed by atoms with Gasteiger partial charge >= 0.3 is 0 Å². The van der Waals surface area contributed by atoms with E-state index in [1.54, 1.807) is 11.3 Å². The van der Waals surface area contributed by atoms with Crippen molar-refractivity contribution in [3.8, 4) is 6.07 Å². The molecule has 0 N–H and O–H groups in total. The second kappa shape index (κ2) is 7.45. The minimum atomic E-state index is 0.773. The lowest BCUT2D eigenvalue weighted by Gasteiger charge is -2.21. The van der Waals surface area contributed by atoms with Crippen LogP contribution in [0.2, 0.25) is 0 Å². The summed E-state index contributed by atoms with van der Waals surface area (Å²) in [5.41, 5.74) is 6.50. The third kappa shape index (κ3) is 2.67. The zero-order valence-electron chi connectivity index (χ0n) is 18.5. The highest BCUT2D eigenvalue weighted by Gasteiger charge is 2.22. The Morgan fingerprint density at radius 1 is 0.676 bits per heavy atom. The van der Waals surface area contributed by atoms with Gasteiger partial charge in [0.15, 0.2) is 0 Å². The van der Waals surface area contributed by atoms with Gasteiger partial charge in [-0.3, -0.25) is 0 Å². The van der Waals surface area contributed by atoms with E-state index in [4.69, 9.17) is 0 Å². The Balaban J connectivity index is 1.53. The van der Waals surface area contributed by atoms with Crippen LogP contribution in [0.1, 0.15) is 24.0 Å². The fraction of sp³-hybridized carbons (Fsp3) is 0.0645. The molecule has 0 bridgehead atoms. The molecule has 34 heavy (non-hydrogen) atoms. The molecule has 0 aliphatic heterocycles. The largest absolute Gasteiger partial charge is 0.309 e. The van der Waals surface area contributed by atoms with Crippen molar-refractivity contribution in [2.75, 3.05) is 0 Å². The highest BCUT2D eigenvalue weighted by molar-refractivity contribution is 7.25. The van der Waals surface area contributed by atoms with Crippen LogP contribution in [0, 0.1) is 11.3 Å². The minimum Gasteiger partial charge on any atom is -0.309 e. The second-order valence-electron chi connectivity index (χ2n) is 8.73. The first-order chi connectivity index (χ1) is 16.8. The van der Waals surface area contributed by atoms with Gasteiger partial charge in [0.1, 0.15) is 6.07 Å². The van der Waals surface area contributed by atoms with Crippen LogP contribution in [-0.2, 0) is 0 Å². The van der Waals surface area contributed by atoms with Gasteiger partial charge < -0.3 is 4.57 Å². The van der Waals surface area contributed by atoms with Crippen LogP contribution >= 0.6 is 11.3 Å². The Labute approximate surface area is 201 Å². The summed E-state index contributed by atoms with van der Waals surface area (Å²) in [5.74, 6) is 0. The number of para-hydroxylation sites is 2. The lowest BCUT2D eigenvalue weighted by Crippen LogP contribution is -2.04. The van der Waals surface area contributed by atoms with E-state index in [0.29, 0.717) is 0 Å². The maximum Gasteiger partial charge on any atom is 0.100 e. The van der Waals surface area contributed by atoms with Gasteiger partial charge in [0.05, 0.1) is 16.6 Å². The predicted octanol–water partition coefficient (Wildman–Crippen LogP) is 8.75. The average molecular weight is 453 g/mol. The van der Waals surface area contributed by atoms with E-state index in [1.165, 1.54) is 42.3 Å². The lowest BCUT2D eigenvalue weighted by molar-refractivity contribution is 1.02. The molecule has 0 saturated heterocycles. The standard InChI is InChI=1S/C31H20N2S/c32-19-25-20(17-18-30-31(25)24-12-4-8-16-29(24)34-30)21-9-1-5-13-26(21)33-27-14-6-2-10-22(27)23-11-3-7-15-28(23)33/h2-4,6-18H,1,5H2. The molecule has 0 radical (unpaired) electrons. The number of allylic oxidation sites excluding steroid dienone is 4. The number of nitrogens with zero attached hydrogens (tertiary/aromatic N) is 2. The van der Waals surface area contributed by atoms with Gasteiger partial charge in [0, 0.05) is 47.8 Å². The molecule has 0 fully saturated rings. The van der Waals surface area contributed by atoms with E-state index >= 15 is 0 Å². The van der Waals surface area contributed by atoms with Crippen molar-refractivity contribution < 1.29 is 0 Å². The highest BCUT2D eigenvalue weighted by atomic mass is 32.1. The molecule has 0 atom stereocenters. The summed E-state index contributed by atoms with van der Waals surface area (Å²) >= 11 is 1.76. The van der Waals surface area contributed by atoms with Gasteiger partial charge in [-0.05, 0) is 37.1 Å². The Morgan fingerprint density at radius 3 is 2.06 bits per heavy atom. The first-order valence-corrected chi connectivity index (χ1v) is 12.4. The van der Waals surface area contributed by atoms with Crippen molar-refractivity contribution in [1.29, 1.82) is 5.26 Å². The summed E-state index contributed by atoms with van der Waals surface area (Å²) in [4.78, 5) is 0. The van der Waals surface area contributed by atoms with Crippen molar-refractivity contribution in [3.05, 3.63) is 108 Å². The SMILES string of the molecule is N#Cc1c(C2=CCCC=C2n2c3ccccc3c3ccccc32)ccc2sc3ccccc3c12. The Morgan fingerprint density at radius 2 is 1.32 bits per heavy atom. The van der Waals surface area contributed by atoms with Crippen LogP contribution < -0.4 is 0 Å². The topological polar surface area (TPSA) is 28.7 Å². The van der Waals surface area contributed by atoms with E-state index in [-0.39, 0.29) is 0 Å². The van der Waals surface area contributed by atoms with Gasteiger partial charge in [-0.2, -0.15) is 5.26 Å². The van der Waals surface area contributed by atoms with Gasteiger partial charge in [-0.15, -0.1) is 11.3 Å². The zero-order chi connectivity index (χ0) is 22.6. The Bertz CT molecular complexity index is 1820. The Hall–Kier alpha value is -4.13. The number of benzene rings is 4. The number of hydrogen-bond acceptors (Lipinski definition) is 2. The molecule has 3 heteroatoms. The first-order valence-electron chi connectivity index (χ1n) is 11.6. The summed E-state index contributed by atoms with van der Waals surface area (Å²) in [5, 5.41) is 15.1. The maximum absolute atomic E-state index is 10.4. The lowest BCUT2D eigenvalue weighted by atomic mass is 9.90. The van der Waals surface area contributed by atoms with Gasteiger partial charge in [-0.25, -0.2) is 0 Å². The number of rotatable bonds is 2. The van der Waals surface area contributed by atoms with E-state index in [9.17, 15) is 5.26 Å². The van der Waals surface area contributed by atoms with Crippen LogP contribution in [0.5, 0.6) is 0 Å². The van der Waals surface area contributed by atoms with E-state index in [2.05, 4.69) is 108 Å². The van der Waals surface area contributed by atoms with E-state index in [1.807, 2.05) is 0 Å². The third-order valence-corrected chi connectivity index (χ3v) is 8.03. The van der Waals surface area contributed by atoms with E-state index < -0.39 is 0 Å². The molecule has 1 aliphatic carbocycles. The maximum atomic E-state index is 10.4.